The maximum atomic E-state index is 11.2. The Morgan fingerprint density at radius 1 is 1.38 bits per heavy atom. The number of aliphatic hydroxyl groups excluding tert-OH is 1. The van der Waals surface area contributed by atoms with Crippen molar-refractivity contribution in [2.45, 2.75) is 17.0 Å². The van der Waals surface area contributed by atoms with E-state index in [-0.39, 0.29) is 4.90 Å². The van der Waals surface area contributed by atoms with E-state index in [1.54, 1.807) is 6.07 Å². The summed E-state index contributed by atoms with van der Waals surface area (Å²) in [5, 5.41) is 18.1. The molecule has 0 radical (unpaired) electrons. The summed E-state index contributed by atoms with van der Waals surface area (Å²) in [7, 11) is -3.25. The molecular weight excluding hydrogens is 228 g/mol. The quantitative estimate of drug-likeness (QED) is 0.772. The van der Waals surface area contributed by atoms with Gasteiger partial charge in [0.25, 0.3) is 0 Å². The van der Waals surface area contributed by atoms with E-state index in [1.165, 1.54) is 24.3 Å². The van der Waals surface area contributed by atoms with Crippen LogP contribution in [0.3, 0.4) is 0 Å². The number of sulfone groups is 1. The molecule has 0 saturated carbocycles. The van der Waals surface area contributed by atoms with Gasteiger partial charge >= 0.3 is 0 Å². The van der Waals surface area contributed by atoms with Gasteiger partial charge in [0.2, 0.25) is 0 Å². The molecule has 1 aromatic rings. The van der Waals surface area contributed by atoms with Gasteiger partial charge in [-0.05, 0) is 17.7 Å². The zero-order chi connectivity index (χ0) is 12.3. The normalized spacial score (nSPS) is 15.1. The average molecular weight is 240 g/mol. The van der Waals surface area contributed by atoms with Gasteiger partial charge in [-0.3, -0.25) is 0 Å². The van der Waals surface area contributed by atoms with Crippen LogP contribution >= 0.6 is 0 Å². The second-order valence-electron chi connectivity index (χ2n) is 3.44. The summed E-state index contributed by atoms with van der Waals surface area (Å²) in [6.07, 6.45) is -0.0157. The van der Waals surface area contributed by atoms with Crippen molar-refractivity contribution in [3.05, 3.63) is 29.8 Å². The Morgan fingerprint density at radius 3 is 2.25 bits per heavy atom. The number of nitrogens with zero attached hydrogens (tertiary/aromatic N) is 1. The Balaban J connectivity index is 3.01. The van der Waals surface area contributed by atoms with Crippen molar-refractivity contribution in [2.75, 3.05) is 6.26 Å². The van der Waals surface area contributed by atoms with Gasteiger partial charge in [-0.1, -0.05) is 12.1 Å². The molecule has 0 unspecified atom stereocenters. The van der Waals surface area contributed by atoms with Gasteiger partial charge in [-0.2, -0.15) is 5.26 Å². The van der Waals surface area contributed by atoms with Crippen molar-refractivity contribution >= 4 is 9.84 Å². The summed E-state index contributed by atoms with van der Waals surface area (Å²) < 4.78 is 22.3. The molecule has 86 valence electrons. The van der Waals surface area contributed by atoms with Crippen molar-refractivity contribution in [1.82, 2.24) is 0 Å². The standard InChI is InChI=1S/C10H12N2O3S/c1-16(14,15)8-4-2-7(3-5-8)10(13)9(12)6-11/h2-5,9-10,13H,12H2,1H3/t9-,10+/m0/s1. The van der Waals surface area contributed by atoms with Gasteiger partial charge in [0.15, 0.2) is 9.84 Å². The number of aliphatic hydroxyl groups is 1. The largest absolute Gasteiger partial charge is 0.386 e. The van der Waals surface area contributed by atoms with Crippen LogP contribution in [0.5, 0.6) is 0 Å². The maximum Gasteiger partial charge on any atom is 0.175 e. The smallest absolute Gasteiger partial charge is 0.175 e. The number of rotatable bonds is 3. The second kappa shape index (κ2) is 4.61. The molecule has 0 aliphatic rings. The Labute approximate surface area is 94.0 Å². The van der Waals surface area contributed by atoms with E-state index in [0.29, 0.717) is 5.56 Å². The number of benzene rings is 1. The minimum absolute atomic E-state index is 0.161. The number of nitrogens with two attached hydrogens (primary N) is 1. The summed E-state index contributed by atoms with van der Waals surface area (Å²) in [5.74, 6) is 0. The molecule has 0 amide bonds. The Morgan fingerprint density at radius 2 is 1.88 bits per heavy atom. The molecule has 0 heterocycles. The predicted octanol–water partition coefficient (Wildman–Crippen LogP) is -0.0256. The third-order valence-electron chi connectivity index (χ3n) is 2.14. The van der Waals surface area contributed by atoms with E-state index in [1.807, 2.05) is 0 Å². The van der Waals surface area contributed by atoms with Crippen LogP contribution < -0.4 is 5.73 Å². The molecule has 1 rings (SSSR count). The van der Waals surface area contributed by atoms with Gasteiger partial charge in [0.1, 0.15) is 12.1 Å². The lowest BCUT2D eigenvalue weighted by atomic mass is 10.0. The first kappa shape index (κ1) is 12.6. The first-order chi connectivity index (χ1) is 7.36. The number of hydrogen-bond acceptors (Lipinski definition) is 5. The zero-order valence-electron chi connectivity index (χ0n) is 8.66. The van der Waals surface area contributed by atoms with Crippen molar-refractivity contribution in [3.63, 3.8) is 0 Å². The zero-order valence-corrected chi connectivity index (χ0v) is 9.48. The van der Waals surface area contributed by atoms with Crippen molar-refractivity contribution in [2.24, 2.45) is 5.73 Å². The minimum atomic E-state index is -3.25. The van der Waals surface area contributed by atoms with E-state index in [9.17, 15) is 13.5 Å². The third-order valence-corrected chi connectivity index (χ3v) is 3.27. The molecule has 0 spiro atoms. The van der Waals surface area contributed by atoms with Gasteiger partial charge in [0, 0.05) is 6.26 Å². The molecule has 0 aliphatic heterocycles. The minimum Gasteiger partial charge on any atom is -0.386 e. The Kier molecular flexibility index (Phi) is 3.65. The molecule has 0 aliphatic carbocycles. The topological polar surface area (TPSA) is 104 Å². The van der Waals surface area contributed by atoms with Crippen LogP contribution in [0.15, 0.2) is 29.2 Å². The molecule has 0 fully saturated rings. The monoisotopic (exact) mass is 240 g/mol. The van der Waals surface area contributed by atoms with E-state index in [0.717, 1.165) is 6.26 Å². The molecule has 1 aromatic carbocycles. The SMILES string of the molecule is CS(=O)(=O)c1ccc([C@@H](O)[C@@H](N)C#N)cc1. The molecular formula is C10H12N2O3S. The molecule has 0 bridgehead atoms. The van der Waals surface area contributed by atoms with Gasteiger partial charge in [-0.25, -0.2) is 8.42 Å². The summed E-state index contributed by atoms with van der Waals surface area (Å²) in [6.45, 7) is 0. The highest BCUT2D eigenvalue weighted by Crippen LogP contribution is 2.18. The van der Waals surface area contributed by atoms with Crippen molar-refractivity contribution < 1.29 is 13.5 Å². The van der Waals surface area contributed by atoms with Gasteiger partial charge in [-0.15, -0.1) is 0 Å². The lowest BCUT2D eigenvalue weighted by molar-refractivity contribution is 0.165. The Hall–Kier alpha value is -1.42. The van der Waals surface area contributed by atoms with Gasteiger partial charge in [0.05, 0.1) is 11.0 Å². The fraction of sp³-hybridized carbons (Fsp3) is 0.300. The number of hydrogen-bond donors (Lipinski definition) is 2. The highest BCUT2D eigenvalue weighted by atomic mass is 32.2. The van der Waals surface area contributed by atoms with Crippen molar-refractivity contribution in [3.8, 4) is 6.07 Å². The summed E-state index contributed by atoms with van der Waals surface area (Å²) in [4.78, 5) is 0.161. The molecule has 2 atom stereocenters. The molecule has 0 aromatic heterocycles. The molecule has 6 heteroatoms. The number of nitriles is 1. The molecule has 0 saturated heterocycles. The lowest BCUT2D eigenvalue weighted by Crippen LogP contribution is -2.26. The van der Waals surface area contributed by atoms with Crippen LogP contribution in [0, 0.1) is 11.3 Å². The van der Waals surface area contributed by atoms with Crippen LogP contribution in [0.25, 0.3) is 0 Å². The highest BCUT2D eigenvalue weighted by molar-refractivity contribution is 7.90. The predicted molar refractivity (Wildman–Crippen MR) is 58.1 cm³/mol. The first-order valence-electron chi connectivity index (χ1n) is 4.49. The van der Waals surface area contributed by atoms with E-state index >= 15 is 0 Å². The lowest BCUT2D eigenvalue weighted by Gasteiger charge is -2.12. The van der Waals surface area contributed by atoms with E-state index in [2.05, 4.69) is 0 Å². The Bertz CT molecular complexity index is 502. The third kappa shape index (κ3) is 2.79. The van der Waals surface area contributed by atoms with Crippen LogP contribution in [0.2, 0.25) is 0 Å². The summed E-state index contributed by atoms with van der Waals surface area (Å²) >= 11 is 0. The van der Waals surface area contributed by atoms with Crippen LogP contribution in [-0.4, -0.2) is 25.8 Å². The van der Waals surface area contributed by atoms with Crippen LogP contribution in [0.1, 0.15) is 11.7 Å². The molecule has 16 heavy (non-hydrogen) atoms. The summed E-state index contributed by atoms with van der Waals surface area (Å²) in [5.41, 5.74) is 5.76. The van der Waals surface area contributed by atoms with Crippen LogP contribution in [0.4, 0.5) is 0 Å². The average Bonchev–Trinajstić information content (AvgIpc) is 2.26. The second-order valence-corrected chi connectivity index (χ2v) is 5.46. The fourth-order valence-electron chi connectivity index (χ4n) is 1.19. The highest BCUT2D eigenvalue weighted by Gasteiger charge is 2.16. The van der Waals surface area contributed by atoms with Crippen LogP contribution in [-0.2, 0) is 9.84 Å². The summed E-state index contributed by atoms with van der Waals surface area (Å²) in [6, 6.07) is 6.32. The molecule has 5 nitrogen and oxygen atoms in total. The molecule has 3 N–H and O–H groups in total. The maximum absolute atomic E-state index is 11.2. The first-order valence-corrected chi connectivity index (χ1v) is 6.38. The van der Waals surface area contributed by atoms with Crippen molar-refractivity contribution in [1.29, 1.82) is 5.26 Å². The fourth-order valence-corrected chi connectivity index (χ4v) is 1.82. The van der Waals surface area contributed by atoms with Gasteiger partial charge < -0.3 is 10.8 Å². The van der Waals surface area contributed by atoms with E-state index < -0.39 is 22.0 Å². The van der Waals surface area contributed by atoms with E-state index in [4.69, 9.17) is 11.0 Å².